The van der Waals surface area contributed by atoms with Gasteiger partial charge in [0.15, 0.2) is 0 Å². The summed E-state index contributed by atoms with van der Waals surface area (Å²) < 4.78 is 65.7. The molecule has 0 spiro atoms. The number of rotatable bonds is 7. The molecule has 0 aromatic carbocycles. The highest BCUT2D eigenvalue weighted by Crippen LogP contribution is 2.22. The molecule has 0 aliphatic carbocycles. The Kier molecular flexibility index (Phi) is 5.60. The van der Waals surface area contributed by atoms with E-state index in [1.807, 2.05) is 6.92 Å². The quantitative estimate of drug-likeness (QED) is 0.782. The predicted molar refractivity (Wildman–Crippen MR) is 66.6 cm³/mol. The Hall–Kier alpha value is -1.06. The minimum atomic E-state index is -4.60. The average molecular weight is 314 g/mol. The molecule has 0 saturated carbocycles. The van der Waals surface area contributed by atoms with E-state index in [1.54, 1.807) is 0 Å². The Bertz CT molecular complexity index is 525. The van der Waals surface area contributed by atoms with Gasteiger partial charge in [0, 0.05) is 7.05 Å². The van der Waals surface area contributed by atoms with E-state index in [0.717, 1.165) is 26.1 Å². The van der Waals surface area contributed by atoms with Gasteiger partial charge in [-0.3, -0.25) is 0 Å². The van der Waals surface area contributed by atoms with Crippen molar-refractivity contribution in [2.24, 2.45) is 0 Å². The molecule has 20 heavy (non-hydrogen) atoms. The third-order valence-electron chi connectivity index (χ3n) is 2.43. The number of halogens is 3. The largest absolute Gasteiger partial charge is 0.447 e. The van der Waals surface area contributed by atoms with E-state index in [9.17, 15) is 21.6 Å². The van der Waals surface area contributed by atoms with Gasteiger partial charge in [-0.15, -0.1) is 0 Å². The van der Waals surface area contributed by atoms with E-state index in [2.05, 4.69) is 5.32 Å². The monoisotopic (exact) mass is 314 g/mol. The highest BCUT2D eigenvalue weighted by atomic mass is 32.2. The zero-order chi connectivity index (χ0) is 15.4. The molecular weight excluding hydrogens is 297 g/mol. The fourth-order valence-electron chi connectivity index (χ4n) is 1.47. The van der Waals surface area contributed by atoms with Gasteiger partial charge in [0.05, 0.1) is 6.54 Å². The van der Waals surface area contributed by atoms with Crippen molar-refractivity contribution in [2.75, 3.05) is 20.1 Å². The summed E-state index contributed by atoms with van der Waals surface area (Å²) in [6.07, 6.45) is -3.69. The van der Waals surface area contributed by atoms with Gasteiger partial charge >= 0.3 is 6.18 Å². The zero-order valence-corrected chi connectivity index (χ0v) is 12.0. The molecule has 1 N–H and O–H groups in total. The van der Waals surface area contributed by atoms with Crippen LogP contribution in [0.4, 0.5) is 13.2 Å². The molecule has 1 rings (SSSR count). The van der Waals surface area contributed by atoms with Crippen molar-refractivity contribution in [1.29, 1.82) is 0 Å². The summed E-state index contributed by atoms with van der Waals surface area (Å²) in [5.74, 6) is 0.359. The van der Waals surface area contributed by atoms with Gasteiger partial charge < -0.3 is 9.73 Å². The molecule has 0 unspecified atom stereocenters. The molecule has 1 aromatic rings. The van der Waals surface area contributed by atoms with Crippen LogP contribution in [0.25, 0.3) is 0 Å². The van der Waals surface area contributed by atoms with E-state index in [4.69, 9.17) is 4.42 Å². The van der Waals surface area contributed by atoms with Gasteiger partial charge in [-0.05, 0) is 25.1 Å². The molecule has 0 aliphatic rings. The summed E-state index contributed by atoms with van der Waals surface area (Å²) in [6, 6.07) is 2.59. The first kappa shape index (κ1) is 17.0. The second-order valence-electron chi connectivity index (χ2n) is 4.27. The third-order valence-corrected chi connectivity index (χ3v) is 4.11. The van der Waals surface area contributed by atoms with E-state index in [1.165, 1.54) is 6.07 Å². The van der Waals surface area contributed by atoms with Crippen LogP contribution in [0.1, 0.15) is 19.1 Å². The second-order valence-corrected chi connectivity index (χ2v) is 6.25. The molecule has 0 atom stereocenters. The fraction of sp³-hybridized carbons (Fsp3) is 0.636. The highest BCUT2D eigenvalue weighted by molar-refractivity contribution is 7.89. The van der Waals surface area contributed by atoms with Crippen LogP contribution in [0.15, 0.2) is 21.6 Å². The van der Waals surface area contributed by atoms with Gasteiger partial charge in [0.1, 0.15) is 12.3 Å². The van der Waals surface area contributed by atoms with Crippen molar-refractivity contribution in [3.05, 3.63) is 17.9 Å². The van der Waals surface area contributed by atoms with Crippen molar-refractivity contribution in [3.8, 4) is 0 Å². The Morgan fingerprint density at radius 2 is 2.00 bits per heavy atom. The highest BCUT2D eigenvalue weighted by Gasteiger charge is 2.36. The molecule has 0 aliphatic heterocycles. The van der Waals surface area contributed by atoms with Crippen LogP contribution in [0, 0.1) is 0 Å². The van der Waals surface area contributed by atoms with Crippen molar-refractivity contribution in [1.82, 2.24) is 9.62 Å². The Morgan fingerprint density at radius 1 is 1.35 bits per heavy atom. The number of hydrogen-bond acceptors (Lipinski definition) is 4. The Labute approximate surface area is 115 Å². The normalized spacial score (nSPS) is 13.1. The molecule has 0 fully saturated rings. The van der Waals surface area contributed by atoms with E-state index in [-0.39, 0.29) is 4.31 Å². The Morgan fingerprint density at radius 3 is 2.55 bits per heavy atom. The average Bonchev–Trinajstić information content (AvgIpc) is 2.76. The van der Waals surface area contributed by atoms with Crippen LogP contribution >= 0.6 is 0 Å². The summed E-state index contributed by atoms with van der Waals surface area (Å²) >= 11 is 0. The zero-order valence-electron chi connectivity index (χ0n) is 11.2. The SMILES string of the molecule is CCCNCc1ccc(S(=O)(=O)N(C)CC(F)(F)F)o1. The third kappa shape index (κ3) is 4.80. The van der Waals surface area contributed by atoms with E-state index < -0.39 is 27.8 Å². The number of alkyl halides is 3. The van der Waals surface area contributed by atoms with Gasteiger partial charge in [-0.2, -0.15) is 17.5 Å². The van der Waals surface area contributed by atoms with Crippen LogP contribution in [0.2, 0.25) is 0 Å². The molecule has 1 heterocycles. The van der Waals surface area contributed by atoms with Crippen molar-refractivity contribution < 1.29 is 26.0 Å². The van der Waals surface area contributed by atoms with Crippen LogP contribution in [-0.4, -0.2) is 39.0 Å². The van der Waals surface area contributed by atoms with E-state index in [0.29, 0.717) is 12.3 Å². The molecule has 0 bridgehead atoms. The lowest BCUT2D eigenvalue weighted by Crippen LogP contribution is -2.35. The standard InChI is InChI=1S/C11H17F3N2O3S/c1-3-6-15-7-9-4-5-10(19-9)20(17,18)16(2)8-11(12,13)14/h4-5,15H,3,6-8H2,1-2H3. The number of nitrogens with one attached hydrogen (secondary N) is 1. The fourth-order valence-corrected chi connectivity index (χ4v) is 2.55. The summed E-state index contributed by atoms with van der Waals surface area (Å²) in [4.78, 5) is 0. The summed E-state index contributed by atoms with van der Waals surface area (Å²) in [7, 11) is -3.40. The number of nitrogens with zero attached hydrogens (tertiary/aromatic N) is 1. The Balaban J connectivity index is 2.77. The molecular formula is C11H17F3N2O3S. The van der Waals surface area contributed by atoms with E-state index >= 15 is 0 Å². The van der Waals surface area contributed by atoms with Crippen LogP contribution in [-0.2, 0) is 16.6 Å². The minimum Gasteiger partial charge on any atom is -0.447 e. The molecule has 9 heteroatoms. The van der Waals surface area contributed by atoms with Crippen LogP contribution in [0.3, 0.4) is 0 Å². The van der Waals surface area contributed by atoms with Gasteiger partial charge in [-0.25, -0.2) is 8.42 Å². The molecule has 1 aromatic heterocycles. The molecule has 5 nitrogen and oxygen atoms in total. The second kappa shape index (κ2) is 6.59. The maximum absolute atomic E-state index is 12.2. The number of sulfonamides is 1. The van der Waals surface area contributed by atoms with Crippen LogP contribution in [0.5, 0.6) is 0 Å². The maximum atomic E-state index is 12.2. The number of furan rings is 1. The van der Waals surface area contributed by atoms with Crippen molar-refractivity contribution in [2.45, 2.75) is 31.2 Å². The van der Waals surface area contributed by atoms with Crippen LogP contribution < -0.4 is 5.32 Å². The molecule has 0 saturated heterocycles. The summed E-state index contributed by atoms with van der Waals surface area (Å²) in [5.41, 5.74) is 0. The lowest BCUT2D eigenvalue weighted by atomic mass is 10.4. The minimum absolute atomic E-state index is 0.217. The lowest BCUT2D eigenvalue weighted by molar-refractivity contribution is -0.134. The first-order chi connectivity index (χ1) is 9.16. The summed E-state index contributed by atoms with van der Waals surface area (Å²) in [5, 5.41) is 2.51. The topological polar surface area (TPSA) is 62.6 Å². The van der Waals surface area contributed by atoms with Crippen molar-refractivity contribution in [3.63, 3.8) is 0 Å². The van der Waals surface area contributed by atoms with Gasteiger partial charge in [-0.1, -0.05) is 6.92 Å². The smallest absolute Gasteiger partial charge is 0.402 e. The molecule has 0 amide bonds. The summed E-state index contributed by atoms with van der Waals surface area (Å²) in [6.45, 7) is 1.47. The predicted octanol–water partition coefficient (Wildman–Crippen LogP) is 1.96. The van der Waals surface area contributed by atoms with Crippen molar-refractivity contribution >= 4 is 10.0 Å². The molecule has 116 valence electrons. The lowest BCUT2D eigenvalue weighted by Gasteiger charge is -2.17. The first-order valence-electron chi connectivity index (χ1n) is 5.99. The van der Waals surface area contributed by atoms with Gasteiger partial charge in [0.25, 0.3) is 10.0 Å². The molecule has 0 radical (unpaired) electrons. The first-order valence-corrected chi connectivity index (χ1v) is 7.43. The van der Waals surface area contributed by atoms with Gasteiger partial charge in [0.2, 0.25) is 5.09 Å². The maximum Gasteiger partial charge on any atom is 0.402 e. The number of hydrogen-bond donors (Lipinski definition) is 1.